The monoisotopic (exact) mass is 343 g/mol. The zero-order valence-corrected chi connectivity index (χ0v) is 12.3. The lowest BCUT2D eigenvalue weighted by Gasteiger charge is -2.11. The maximum Gasteiger partial charge on any atom is 0.125 e. The Kier molecular flexibility index (Phi) is 5.05. The molecule has 0 radical (unpaired) electrons. The maximum atomic E-state index is 13.1. The highest BCUT2D eigenvalue weighted by Crippen LogP contribution is 2.31. The fraction of sp³-hybridized carbons (Fsp3) is 0.143. The molecule has 0 spiro atoms. The van der Waals surface area contributed by atoms with E-state index in [9.17, 15) is 4.39 Å². The SMILES string of the molecule is Fc1cc(Cl)c(NCCOc2ccccc2)c(Br)c1. The molecule has 0 unspecified atom stereocenters. The van der Waals surface area contributed by atoms with Crippen LogP contribution in [0.1, 0.15) is 0 Å². The average Bonchev–Trinajstić information content (AvgIpc) is 2.38. The second-order valence-electron chi connectivity index (χ2n) is 3.83. The summed E-state index contributed by atoms with van der Waals surface area (Å²) in [6, 6.07) is 12.2. The topological polar surface area (TPSA) is 21.3 Å². The van der Waals surface area contributed by atoms with Crippen LogP contribution in [0.25, 0.3) is 0 Å². The summed E-state index contributed by atoms with van der Waals surface area (Å²) in [5, 5.41) is 3.45. The highest BCUT2D eigenvalue weighted by atomic mass is 79.9. The molecule has 0 fully saturated rings. The van der Waals surface area contributed by atoms with E-state index < -0.39 is 0 Å². The van der Waals surface area contributed by atoms with Crippen LogP contribution in [0.5, 0.6) is 5.75 Å². The number of rotatable bonds is 5. The zero-order valence-electron chi connectivity index (χ0n) is 10.00. The van der Waals surface area contributed by atoms with Crippen LogP contribution in [0.4, 0.5) is 10.1 Å². The average molecular weight is 345 g/mol. The molecule has 0 saturated carbocycles. The smallest absolute Gasteiger partial charge is 0.125 e. The number of benzene rings is 2. The fourth-order valence-electron chi connectivity index (χ4n) is 1.57. The number of nitrogens with one attached hydrogen (secondary N) is 1. The van der Waals surface area contributed by atoms with Gasteiger partial charge in [-0.1, -0.05) is 29.8 Å². The van der Waals surface area contributed by atoms with Gasteiger partial charge in [0.25, 0.3) is 0 Å². The third-order valence-electron chi connectivity index (χ3n) is 2.42. The molecular weight excluding hydrogens is 333 g/mol. The lowest BCUT2D eigenvalue weighted by atomic mass is 10.3. The quantitative estimate of drug-likeness (QED) is 0.792. The summed E-state index contributed by atoms with van der Waals surface area (Å²) >= 11 is 9.22. The van der Waals surface area contributed by atoms with Gasteiger partial charge in [-0.2, -0.15) is 0 Å². The first-order valence-corrected chi connectivity index (χ1v) is 6.90. The maximum absolute atomic E-state index is 13.1. The van der Waals surface area contributed by atoms with Gasteiger partial charge < -0.3 is 10.1 Å². The van der Waals surface area contributed by atoms with E-state index in [2.05, 4.69) is 21.2 Å². The summed E-state index contributed by atoms with van der Waals surface area (Å²) < 4.78 is 19.2. The number of hydrogen-bond donors (Lipinski definition) is 1. The minimum absolute atomic E-state index is 0.339. The molecule has 5 heteroatoms. The number of hydrogen-bond acceptors (Lipinski definition) is 2. The molecule has 0 aromatic heterocycles. The van der Waals surface area contributed by atoms with Crippen LogP contribution in [-0.2, 0) is 0 Å². The van der Waals surface area contributed by atoms with Crippen molar-refractivity contribution >= 4 is 33.2 Å². The summed E-state index contributed by atoms with van der Waals surface area (Å²) in [5.74, 6) is 0.441. The lowest BCUT2D eigenvalue weighted by molar-refractivity contribution is 0.333. The largest absolute Gasteiger partial charge is 0.492 e. The van der Waals surface area contributed by atoms with Crippen molar-refractivity contribution in [2.24, 2.45) is 0 Å². The Morgan fingerprint density at radius 2 is 1.95 bits per heavy atom. The fourth-order valence-corrected chi connectivity index (χ4v) is 2.53. The van der Waals surface area contributed by atoms with Crippen molar-refractivity contribution in [1.82, 2.24) is 0 Å². The van der Waals surface area contributed by atoms with Gasteiger partial charge in [0.2, 0.25) is 0 Å². The number of halogens is 3. The standard InChI is InChI=1S/C14H12BrClFNO/c15-12-8-10(17)9-13(16)14(12)18-6-7-19-11-4-2-1-3-5-11/h1-5,8-9,18H,6-7H2. The predicted octanol–water partition coefficient (Wildman–Crippen LogP) is 4.73. The van der Waals surface area contributed by atoms with Crippen molar-refractivity contribution in [3.8, 4) is 5.75 Å². The molecule has 0 aliphatic rings. The van der Waals surface area contributed by atoms with Crippen LogP contribution >= 0.6 is 27.5 Å². The van der Waals surface area contributed by atoms with E-state index in [1.54, 1.807) is 0 Å². The molecule has 2 aromatic carbocycles. The Hall–Kier alpha value is -1.26. The van der Waals surface area contributed by atoms with Gasteiger partial charge in [-0.25, -0.2) is 4.39 Å². The second kappa shape index (κ2) is 6.78. The Morgan fingerprint density at radius 3 is 2.63 bits per heavy atom. The minimum atomic E-state index is -0.372. The van der Waals surface area contributed by atoms with Crippen LogP contribution in [0.2, 0.25) is 5.02 Å². The van der Waals surface area contributed by atoms with Crippen LogP contribution < -0.4 is 10.1 Å². The molecule has 100 valence electrons. The summed E-state index contributed by atoms with van der Waals surface area (Å²) in [5.41, 5.74) is 0.666. The van der Waals surface area contributed by atoms with Crippen LogP contribution in [0.3, 0.4) is 0 Å². The Labute approximate surface area is 124 Å². The third kappa shape index (κ3) is 4.11. The van der Waals surface area contributed by atoms with Crippen molar-refractivity contribution in [1.29, 1.82) is 0 Å². The van der Waals surface area contributed by atoms with E-state index in [0.717, 1.165) is 5.75 Å². The zero-order chi connectivity index (χ0) is 13.7. The van der Waals surface area contributed by atoms with Crippen molar-refractivity contribution in [2.45, 2.75) is 0 Å². The molecule has 2 nitrogen and oxygen atoms in total. The molecule has 0 aliphatic heterocycles. The van der Waals surface area contributed by atoms with Crippen molar-refractivity contribution < 1.29 is 9.13 Å². The normalized spacial score (nSPS) is 10.3. The molecule has 0 saturated heterocycles. The van der Waals surface area contributed by atoms with Crippen molar-refractivity contribution in [3.05, 3.63) is 57.8 Å². The first-order chi connectivity index (χ1) is 9.16. The summed E-state index contributed by atoms with van der Waals surface area (Å²) in [7, 11) is 0. The number of ether oxygens (including phenoxy) is 1. The van der Waals surface area contributed by atoms with Gasteiger partial charge in [-0.15, -0.1) is 0 Å². The first kappa shape index (κ1) is 14.2. The van der Waals surface area contributed by atoms with E-state index in [0.29, 0.717) is 28.3 Å². The van der Waals surface area contributed by atoms with Crippen LogP contribution in [0.15, 0.2) is 46.9 Å². The van der Waals surface area contributed by atoms with Gasteiger partial charge in [0.1, 0.15) is 18.2 Å². The molecule has 1 N–H and O–H groups in total. The van der Waals surface area contributed by atoms with E-state index in [4.69, 9.17) is 16.3 Å². The van der Waals surface area contributed by atoms with Gasteiger partial charge in [0.15, 0.2) is 0 Å². The van der Waals surface area contributed by atoms with Gasteiger partial charge in [-0.05, 0) is 40.2 Å². The van der Waals surface area contributed by atoms with E-state index in [-0.39, 0.29) is 5.82 Å². The summed E-state index contributed by atoms with van der Waals surface area (Å²) in [4.78, 5) is 0. The molecule has 2 aromatic rings. The Bertz CT molecular complexity index is 527. The molecule has 0 bridgehead atoms. The predicted molar refractivity (Wildman–Crippen MR) is 79.5 cm³/mol. The third-order valence-corrected chi connectivity index (χ3v) is 3.35. The summed E-state index contributed by atoms with van der Waals surface area (Å²) in [6.45, 7) is 1.06. The number of para-hydroxylation sites is 1. The Morgan fingerprint density at radius 1 is 1.21 bits per heavy atom. The van der Waals surface area contributed by atoms with Gasteiger partial charge in [0, 0.05) is 11.0 Å². The van der Waals surface area contributed by atoms with Crippen molar-refractivity contribution in [3.63, 3.8) is 0 Å². The first-order valence-electron chi connectivity index (χ1n) is 5.73. The number of anilines is 1. The molecule has 0 amide bonds. The molecule has 19 heavy (non-hydrogen) atoms. The molecule has 0 aliphatic carbocycles. The lowest BCUT2D eigenvalue weighted by Crippen LogP contribution is -2.12. The van der Waals surface area contributed by atoms with Gasteiger partial charge >= 0.3 is 0 Å². The van der Waals surface area contributed by atoms with E-state index in [1.807, 2.05) is 30.3 Å². The summed E-state index contributed by atoms with van der Waals surface area (Å²) in [6.07, 6.45) is 0. The molecule has 0 heterocycles. The van der Waals surface area contributed by atoms with Crippen molar-refractivity contribution in [2.75, 3.05) is 18.5 Å². The van der Waals surface area contributed by atoms with Gasteiger partial charge in [0.05, 0.1) is 10.7 Å². The van der Waals surface area contributed by atoms with Crippen LogP contribution in [-0.4, -0.2) is 13.2 Å². The highest BCUT2D eigenvalue weighted by Gasteiger charge is 2.07. The molecule has 2 rings (SSSR count). The second-order valence-corrected chi connectivity index (χ2v) is 5.09. The van der Waals surface area contributed by atoms with Gasteiger partial charge in [-0.3, -0.25) is 0 Å². The highest BCUT2D eigenvalue weighted by molar-refractivity contribution is 9.10. The molecular formula is C14H12BrClFNO. The van der Waals surface area contributed by atoms with E-state index >= 15 is 0 Å². The van der Waals surface area contributed by atoms with E-state index in [1.165, 1.54) is 12.1 Å². The van der Waals surface area contributed by atoms with Crippen LogP contribution in [0, 0.1) is 5.82 Å². The minimum Gasteiger partial charge on any atom is -0.492 e. The Balaban J connectivity index is 1.86. The molecule has 0 atom stereocenters.